The lowest BCUT2D eigenvalue weighted by Gasteiger charge is -2.12. The van der Waals surface area contributed by atoms with Crippen molar-refractivity contribution in [2.24, 2.45) is 0 Å². The fourth-order valence-electron chi connectivity index (χ4n) is 2.84. The van der Waals surface area contributed by atoms with E-state index in [4.69, 9.17) is 21.1 Å². The van der Waals surface area contributed by atoms with Crippen LogP contribution in [0.4, 0.5) is 19.2 Å². The fraction of sp³-hybridized carbons (Fsp3) is 0.167. The predicted octanol–water partition coefficient (Wildman–Crippen LogP) is 4.35. The van der Waals surface area contributed by atoms with Gasteiger partial charge in [0, 0.05) is 12.3 Å². The molecule has 0 radical (unpaired) electrons. The fourth-order valence-corrected chi connectivity index (χ4v) is 3.10. The van der Waals surface area contributed by atoms with E-state index >= 15 is 0 Å². The lowest BCUT2D eigenvalue weighted by Crippen LogP contribution is -2.15. The van der Waals surface area contributed by atoms with Crippen molar-refractivity contribution in [1.82, 2.24) is 24.7 Å². The van der Waals surface area contributed by atoms with Crippen LogP contribution in [0.1, 0.15) is 34.7 Å². The topological polar surface area (TPSA) is 119 Å². The Hall–Kier alpha value is -3.67. The molecule has 4 aromatic rings. The molecule has 1 atom stereocenters. The molecule has 9 nitrogen and oxygen atoms in total. The number of carbonyl (C=O) groups is 1. The first-order chi connectivity index (χ1) is 14.6. The van der Waals surface area contributed by atoms with Gasteiger partial charge in [-0.15, -0.1) is 0 Å². The SMILES string of the molecule is CC(Nc1nc2cc(C(F)(F)F)c(Cl)cc2o1)c1ncnn1-c1ccc(C(=O)O)cn1. The van der Waals surface area contributed by atoms with E-state index in [0.717, 1.165) is 12.1 Å². The lowest BCUT2D eigenvalue weighted by atomic mass is 10.2. The minimum Gasteiger partial charge on any atom is -0.478 e. The van der Waals surface area contributed by atoms with Gasteiger partial charge in [-0.25, -0.2) is 14.8 Å². The number of carboxylic acids is 1. The van der Waals surface area contributed by atoms with Gasteiger partial charge in [0.05, 0.1) is 22.2 Å². The Morgan fingerprint density at radius 2 is 2.06 bits per heavy atom. The monoisotopic (exact) mass is 452 g/mol. The van der Waals surface area contributed by atoms with Gasteiger partial charge in [0.2, 0.25) is 0 Å². The minimum absolute atomic E-state index is 0.0138. The van der Waals surface area contributed by atoms with E-state index < -0.39 is 28.8 Å². The van der Waals surface area contributed by atoms with Gasteiger partial charge in [-0.1, -0.05) is 11.6 Å². The largest absolute Gasteiger partial charge is 0.478 e. The summed E-state index contributed by atoms with van der Waals surface area (Å²) in [5.41, 5.74) is -0.927. The number of carboxylic acid groups (broad SMARTS) is 1. The summed E-state index contributed by atoms with van der Waals surface area (Å²) in [6.45, 7) is 1.70. The van der Waals surface area contributed by atoms with E-state index in [1.165, 1.54) is 29.3 Å². The molecule has 2 N–H and O–H groups in total. The molecule has 3 heterocycles. The van der Waals surface area contributed by atoms with Crippen molar-refractivity contribution in [2.75, 3.05) is 5.32 Å². The molecule has 160 valence electrons. The van der Waals surface area contributed by atoms with E-state index in [1.54, 1.807) is 6.92 Å². The molecule has 0 bridgehead atoms. The van der Waals surface area contributed by atoms with E-state index in [1.807, 2.05) is 0 Å². The molecule has 31 heavy (non-hydrogen) atoms. The van der Waals surface area contributed by atoms with Crippen molar-refractivity contribution < 1.29 is 27.5 Å². The Labute approximate surface area is 176 Å². The van der Waals surface area contributed by atoms with Gasteiger partial charge in [0.25, 0.3) is 6.01 Å². The molecule has 0 amide bonds. The van der Waals surface area contributed by atoms with Gasteiger partial charge in [-0.05, 0) is 25.1 Å². The number of pyridine rings is 1. The van der Waals surface area contributed by atoms with Gasteiger partial charge >= 0.3 is 12.1 Å². The van der Waals surface area contributed by atoms with Crippen molar-refractivity contribution >= 4 is 34.7 Å². The smallest absolute Gasteiger partial charge is 0.417 e. The van der Waals surface area contributed by atoms with Crippen molar-refractivity contribution in [3.8, 4) is 5.82 Å². The second-order valence-electron chi connectivity index (χ2n) is 6.42. The lowest BCUT2D eigenvalue weighted by molar-refractivity contribution is -0.137. The van der Waals surface area contributed by atoms with E-state index in [0.29, 0.717) is 11.6 Å². The Bertz CT molecular complexity index is 1270. The van der Waals surface area contributed by atoms with Crippen molar-refractivity contribution in [3.63, 3.8) is 0 Å². The molecule has 0 fully saturated rings. The van der Waals surface area contributed by atoms with E-state index in [-0.39, 0.29) is 22.7 Å². The predicted molar refractivity (Wildman–Crippen MR) is 102 cm³/mol. The first-order valence-corrected chi connectivity index (χ1v) is 9.04. The number of oxazole rings is 1. The van der Waals surface area contributed by atoms with Crippen LogP contribution in [0.3, 0.4) is 0 Å². The van der Waals surface area contributed by atoms with Gasteiger partial charge in [0.1, 0.15) is 11.8 Å². The van der Waals surface area contributed by atoms with Crippen LogP contribution in [-0.2, 0) is 6.18 Å². The van der Waals surface area contributed by atoms with Crippen molar-refractivity contribution in [3.05, 3.63) is 58.8 Å². The van der Waals surface area contributed by atoms with Gasteiger partial charge in [-0.2, -0.15) is 27.9 Å². The summed E-state index contributed by atoms with van der Waals surface area (Å²) < 4.78 is 46.0. The number of rotatable bonds is 5. The number of halogens is 4. The second kappa shape index (κ2) is 7.54. The zero-order chi connectivity index (χ0) is 22.3. The zero-order valence-corrected chi connectivity index (χ0v) is 16.3. The highest BCUT2D eigenvalue weighted by atomic mass is 35.5. The summed E-state index contributed by atoms with van der Waals surface area (Å²) in [5.74, 6) is -0.408. The first kappa shape index (κ1) is 20.6. The molecule has 0 aliphatic heterocycles. The maximum Gasteiger partial charge on any atom is 0.417 e. The zero-order valence-electron chi connectivity index (χ0n) is 15.6. The van der Waals surface area contributed by atoms with Crippen LogP contribution in [0, 0.1) is 0 Å². The highest BCUT2D eigenvalue weighted by Gasteiger charge is 2.34. The summed E-state index contributed by atoms with van der Waals surface area (Å²) in [4.78, 5) is 23.2. The number of fused-ring (bicyclic) bond motifs is 1. The molecular formula is C18H12ClF3N6O3. The van der Waals surface area contributed by atoms with Crippen LogP contribution in [0.25, 0.3) is 16.9 Å². The molecule has 1 unspecified atom stereocenters. The number of hydrogen-bond acceptors (Lipinski definition) is 7. The Balaban J connectivity index is 1.61. The number of benzene rings is 1. The first-order valence-electron chi connectivity index (χ1n) is 8.67. The number of hydrogen-bond donors (Lipinski definition) is 2. The molecule has 0 spiro atoms. The molecular weight excluding hydrogens is 441 g/mol. The standard InChI is InChI=1S/C18H12ClF3N6O3/c1-8(15-24-7-25-28(15)14-3-2-9(6-23-14)16(29)30)26-17-27-12-4-10(18(20,21)22)11(19)5-13(12)31-17/h2-8H,1H3,(H,26,27)(H,29,30). The van der Waals surface area contributed by atoms with E-state index in [9.17, 15) is 18.0 Å². The molecule has 0 saturated carbocycles. The second-order valence-corrected chi connectivity index (χ2v) is 6.83. The Morgan fingerprint density at radius 3 is 2.71 bits per heavy atom. The summed E-state index contributed by atoms with van der Waals surface area (Å²) in [6, 6.07) is 4.12. The number of aromatic nitrogens is 5. The quantitative estimate of drug-likeness (QED) is 0.459. The van der Waals surface area contributed by atoms with Crippen LogP contribution in [-0.4, -0.2) is 35.8 Å². The van der Waals surface area contributed by atoms with Crippen LogP contribution >= 0.6 is 11.6 Å². The number of alkyl halides is 3. The third-order valence-electron chi connectivity index (χ3n) is 4.30. The average molecular weight is 453 g/mol. The minimum atomic E-state index is -4.62. The molecule has 1 aromatic carbocycles. The molecule has 0 aliphatic rings. The maximum absolute atomic E-state index is 13.0. The maximum atomic E-state index is 13.0. The summed E-state index contributed by atoms with van der Waals surface area (Å²) >= 11 is 5.71. The van der Waals surface area contributed by atoms with Crippen LogP contribution in [0.5, 0.6) is 0 Å². The molecule has 4 rings (SSSR count). The molecule has 3 aromatic heterocycles. The third-order valence-corrected chi connectivity index (χ3v) is 4.61. The number of aromatic carboxylic acids is 1. The number of nitrogens with one attached hydrogen (secondary N) is 1. The number of nitrogens with zero attached hydrogens (tertiary/aromatic N) is 5. The number of anilines is 1. The Morgan fingerprint density at radius 1 is 1.29 bits per heavy atom. The third kappa shape index (κ3) is 4.01. The van der Waals surface area contributed by atoms with Crippen molar-refractivity contribution in [2.45, 2.75) is 19.1 Å². The Kier molecular flexibility index (Phi) is 5.01. The van der Waals surface area contributed by atoms with Crippen LogP contribution in [0.2, 0.25) is 5.02 Å². The highest BCUT2D eigenvalue weighted by molar-refractivity contribution is 6.32. The molecule has 13 heteroatoms. The molecule has 0 aliphatic carbocycles. The van der Waals surface area contributed by atoms with Gasteiger partial charge < -0.3 is 14.8 Å². The van der Waals surface area contributed by atoms with Gasteiger partial charge in [0.15, 0.2) is 17.2 Å². The average Bonchev–Trinajstić information content (AvgIpc) is 3.33. The summed E-state index contributed by atoms with van der Waals surface area (Å²) in [5, 5.41) is 15.5. The summed E-state index contributed by atoms with van der Waals surface area (Å²) in [7, 11) is 0. The molecule has 0 saturated heterocycles. The van der Waals surface area contributed by atoms with Gasteiger partial charge in [-0.3, -0.25) is 0 Å². The normalized spacial score (nSPS) is 12.8. The summed E-state index contributed by atoms with van der Waals surface area (Å²) in [6.07, 6.45) is -2.16. The van der Waals surface area contributed by atoms with Crippen LogP contribution in [0.15, 0.2) is 41.2 Å². The van der Waals surface area contributed by atoms with E-state index in [2.05, 4.69) is 25.4 Å². The van der Waals surface area contributed by atoms with Crippen molar-refractivity contribution in [1.29, 1.82) is 0 Å². The van der Waals surface area contributed by atoms with Crippen LogP contribution < -0.4 is 5.32 Å². The highest BCUT2D eigenvalue weighted by Crippen LogP contribution is 2.37.